The van der Waals surface area contributed by atoms with Crippen molar-refractivity contribution >= 4 is 51.2 Å². The van der Waals surface area contributed by atoms with Crippen molar-refractivity contribution in [3.05, 3.63) is 46.7 Å². The molecular formula is C15H19N2O2PS3. The van der Waals surface area contributed by atoms with Crippen LogP contribution in [0.5, 0.6) is 0 Å². The molecule has 0 amide bonds. The fraction of sp³-hybridized carbons (Fsp3) is 0.333. The second-order valence-corrected chi connectivity index (χ2v) is 13.3. The highest BCUT2D eigenvalue weighted by atomic mass is 32.9. The predicted octanol–water partition coefficient (Wildman–Crippen LogP) is 3.40. The number of aromatic nitrogens is 1. The van der Waals surface area contributed by atoms with E-state index in [2.05, 4.69) is 13.8 Å². The van der Waals surface area contributed by atoms with Crippen LogP contribution in [0.4, 0.5) is 0 Å². The molecule has 0 radical (unpaired) electrons. The lowest BCUT2D eigenvalue weighted by Gasteiger charge is -2.19. The minimum Gasteiger partial charge on any atom is -0.468 e. The van der Waals surface area contributed by atoms with Crippen molar-refractivity contribution in [3.63, 3.8) is 0 Å². The van der Waals surface area contributed by atoms with Gasteiger partial charge in [0.05, 0.1) is 7.11 Å². The van der Waals surface area contributed by atoms with Crippen molar-refractivity contribution in [2.45, 2.75) is 25.6 Å². The smallest absolute Gasteiger partial charge is 0.325 e. The molecule has 23 heavy (non-hydrogen) atoms. The minimum absolute atomic E-state index is 0.148. The molecule has 8 heteroatoms. The third-order valence-electron chi connectivity index (χ3n) is 2.84. The van der Waals surface area contributed by atoms with Gasteiger partial charge in [0.1, 0.15) is 11.9 Å². The van der Waals surface area contributed by atoms with Crippen molar-refractivity contribution in [2.24, 2.45) is 4.76 Å². The van der Waals surface area contributed by atoms with Crippen LogP contribution in [-0.4, -0.2) is 22.9 Å². The molecule has 0 saturated carbocycles. The summed E-state index contributed by atoms with van der Waals surface area (Å²) in [6.45, 7) is 4.40. The Kier molecular flexibility index (Phi) is 6.65. The topological polar surface area (TPSA) is 43.6 Å². The van der Waals surface area contributed by atoms with Gasteiger partial charge in [0.2, 0.25) is 0 Å². The van der Waals surface area contributed by atoms with Gasteiger partial charge in [-0.1, -0.05) is 67.4 Å². The van der Waals surface area contributed by atoms with Crippen molar-refractivity contribution in [1.29, 1.82) is 0 Å². The highest BCUT2D eigenvalue weighted by Crippen LogP contribution is 2.60. The summed E-state index contributed by atoms with van der Waals surface area (Å²) in [5.74, 6) is -0.297. The molecule has 1 aromatic carbocycles. The largest absolute Gasteiger partial charge is 0.468 e. The average Bonchev–Trinajstić information content (AvgIpc) is 2.94. The maximum absolute atomic E-state index is 11.5. The minimum atomic E-state index is -2.18. The number of hydrogen-bond acceptors (Lipinski definition) is 5. The molecule has 0 fully saturated rings. The van der Waals surface area contributed by atoms with Gasteiger partial charge in [0.15, 0.2) is 4.80 Å². The monoisotopic (exact) mass is 386 g/mol. The molecule has 0 saturated heterocycles. The zero-order chi connectivity index (χ0) is 16.9. The summed E-state index contributed by atoms with van der Waals surface area (Å²) < 4.78 is 11.4. The van der Waals surface area contributed by atoms with E-state index in [1.165, 1.54) is 18.4 Å². The van der Waals surface area contributed by atoms with Crippen LogP contribution in [0.15, 0.2) is 46.7 Å². The van der Waals surface area contributed by atoms with E-state index in [1.54, 1.807) is 15.9 Å². The van der Waals surface area contributed by atoms with Gasteiger partial charge in [0, 0.05) is 22.1 Å². The first-order valence-electron chi connectivity index (χ1n) is 7.05. The maximum atomic E-state index is 11.5. The second-order valence-electron chi connectivity index (χ2n) is 5.00. The SMILES string of the molecule is COC(=O)Cn1ccs/c1=N\P(=S)(SC(C)C)c1ccccc1. The summed E-state index contributed by atoms with van der Waals surface area (Å²) in [6, 6.07) is 10.0. The molecule has 2 rings (SSSR count). The molecule has 1 atom stereocenters. The molecule has 0 aliphatic rings. The standard InChI is InChI=1S/C15H19N2O2PS3/c1-12(2)23-20(21,13-7-5-4-6-8-13)16-15-17(9-10-22-15)11-14(18)19-3/h4-10,12H,11H2,1-3H3/b16-15-. The number of thiazole rings is 1. The summed E-state index contributed by atoms with van der Waals surface area (Å²) in [6.07, 6.45) is 1.84. The normalized spacial score (nSPS) is 14.7. The zero-order valence-electron chi connectivity index (χ0n) is 13.2. The highest BCUT2D eigenvalue weighted by Gasteiger charge is 2.21. The first-order chi connectivity index (χ1) is 10.9. The summed E-state index contributed by atoms with van der Waals surface area (Å²) in [5.41, 5.74) is 0. The third kappa shape index (κ3) is 5.05. The number of benzene rings is 1. The molecule has 0 spiro atoms. The molecular weight excluding hydrogens is 367 g/mol. The van der Waals surface area contributed by atoms with E-state index < -0.39 is 5.39 Å². The number of ether oxygens (including phenoxy) is 1. The lowest BCUT2D eigenvalue weighted by molar-refractivity contribution is -0.141. The number of hydrogen-bond donors (Lipinski definition) is 0. The molecule has 0 bridgehead atoms. The summed E-state index contributed by atoms with van der Waals surface area (Å²) >= 11 is 9.19. The van der Waals surface area contributed by atoms with Crippen molar-refractivity contribution in [2.75, 3.05) is 7.11 Å². The van der Waals surface area contributed by atoms with E-state index in [0.717, 1.165) is 10.1 Å². The lowest BCUT2D eigenvalue weighted by Crippen LogP contribution is -2.21. The Morgan fingerprint density at radius 3 is 2.74 bits per heavy atom. The van der Waals surface area contributed by atoms with Crippen LogP contribution in [-0.2, 0) is 27.9 Å². The summed E-state index contributed by atoms with van der Waals surface area (Å²) in [5, 5.41) is 1.18. The third-order valence-corrected chi connectivity index (χ3v) is 10.5. The van der Waals surface area contributed by atoms with Crippen LogP contribution in [0.1, 0.15) is 13.8 Å². The number of carbonyl (C=O) groups excluding carboxylic acids is 1. The van der Waals surface area contributed by atoms with Crippen LogP contribution in [0.25, 0.3) is 0 Å². The Morgan fingerprint density at radius 1 is 1.43 bits per heavy atom. The van der Waals surface area contributed by atoms with E-state index in [-0.39, 0.29) is 12.5 Å². The van der Waals surface area contributed by atoms with Gasteiger partial charge >= 0.3 is 5.97 Å². The van der Waals surface area contributed by atoms with E-state index in [4.69, 9.17) is 21.3 Å². The molecule has 2 aromatic rings. The van der Waals surface area contributed by atoms with E-state index in [1.807, 2.05) is 41.9 Å². The number of esters is 1. The van der Waals surface area contributed by atoms with Crippen molar-refractivity contribution in [3.8, 4) is 0 Å². The predicted molar refractivity (Wildman–Crippen MR) is 103 cm³/mol. The van der Waals surface area contributed by atoms with E-state index >= 15 is 0 Å². The van der Waals surface area contributed by atoms with Crippen LogP contribution in [0.3, 0.4) is 0 Å². The molecule has 1 heterocycles. The molecule has 124 valence electrons. The number of methoxy groups -OCH3 is 1. The fourth-order valence-electron chi connectivity index (χ4n) is 1.86. The second kappa shape index (κ2) is 8.29. The molecule has 1 unspecified atom stereocenters. The van der Waals surface area contributed by atoms with Crippen molar-refractivity contribution < 1.29 is 9.53 Å². The quantitative estimate of drug-likeness (QED) is 0.564. The van der Waals surface area contributed by atoms with Crippen LogP contribution in [0.2, 0.25) is 0 Å². The number of carbonyl (C=O) groups is 1. The Labute approximate surface area is 149 Å². The number of nitrogens with zero attached hydrogens (tertiary/aromatic N) is 2. The first-order valence-corrected chi connectivity index (χ1v) is 12.2. The highest BCUT2D eigenvalue weighted by molar-refractivity contribution is 8.72. The Bertz CT molecular complexity index is 768. The van der Waals surface area contributed by atoms with Gasteiger partial charge in [-0.15, -0.1) is 11.3 Å². The van der Waals surface area contributed by atoms with Gasteiger partial charge < -0.3 is 9.30 Å². The van der Waals surface area contributed by atoms with Crippen molar-refractivity contribution in [1.82, 2.24) is 4.57 Å². The Balaban J connectivity index is 2.49. The molecule has 1 aromatic heterocycles. The van der Waals surface area contributed by atoms with Gasteiger partial charge in [-0.05, 0) is 0 Å². The zero-order valence-corrected chi connectivity index (χ0v) is 16.6. The van der Waals surface area contributed by atoms with Crippen LogP contribution < -0.4 is 10.1 Å². The average molecular weight is 387 g/mol. The van der Waals surface area contributed by atoms with Gasteiger partial charge in [-0.25, -0.2) is 4.76 Å². The van der Waals surface area contributed by atoms with Gasteiger partial charge in [0.25, 0.3) is 0 Å². The molecule has 0 aliphatic heterocycles. The summed E-state index contributed by atoms with van der Waals surface area (Å²) in [4.78, 5) is 12.3. The van der Waals surface area contributed by atoms with E-state index in [9.17, 15) is 4.79 Å². The molecule has 0 N–H and O–H groups in total. The van der Waals surface area contributed by atoms with Gasteiger partial charge in [-0.3, -0.25) is 4.79 Å². The van der Waals surface area contributed by atoms with Crippen LogP contribution in [0, 0.1) is 0 Å². The fourth-order valence-corrected chi connectivity index (χ4v) is 10.0. The van der Waals surface area contributed by atoms with E-state index in [0.29, 0.717) is 5.25 Å². The Morgan fingerprint density at radius 2 is 2.13 bits per heavy atom. The first kappa shape index (κ1) is 18.5. The molecule has 0 aliphatic carbocycles. The number of rotatable bonds is 6. The van der Waals surface area contributed by atoms with Crippen LogP contribution >= 0.6 is 28.1 Å². The molecule has 4 nitrogen and oxygen atoms in total. The van der Waals surface area contributed by atoms with Gasteiger partial charge in [-0.2, -0.15) is 0 Å². The maximum Gasteiger partial charge on any atom is 0.325 e. The Hall–Kier alpha value is -0.880. The lowest BCUT2D eigenvalue weighted by atomic mass is 10.4. The summed E-state index contributed by atoms with van der Waals surface area (Å²) in [7, 11) is 1.38.